The quantitative estimate of drug-likeness (QED) is 0.489. The number of hydrogen-bond donors (Lipinski definition) is 2. The van der Waals surface area contributed by atoms with Crippen LogP contribution in [-0.4, -0.2) is 58.3 Å². The van der Waals surface area contributed by atoms with Gasteiger partial charge in [-0.3, -0.25) is 5.32 Å². The van der Waals surface area contributed by atoms with Crippen molar-refractivity contribution in [2.75, 3.05) is 31.1 Å². The molecule has 1 aliphatic heterocycles. The third kappa shape index (κ3) is 5.33. The van der Waals surface area contributed by atoms with Gasteiger partial charge in [0, 0.05) is 35.8 Å². The fourth-order valence-electron chi connectivity index (χ4n) is 4.36. The Labute approximate surface area is 200 Å². The van der Waals surface area contributed by atoms with Crippen molar-refractivity contribution in [1.29, 1.82) is 5.26 Å². The summed E-state index contributed by atoms with van der Waals surface area (Å²) >= 11 is 0. The van der Waals surface area contributed by atoms with Gasteiger partial charge in [0.2, 0.25) is 0 Å². The summed E-state index contributed by atoms with van der Waals surface area (Å²) in [4.78, 5) is 6.66. The predicted octanol–water partition coefficient (Wildman–Crippen LogP) is 3.74. The number of aliphatic hydroxyl groups is 1. The SMILES string of the molecule is CCOc1cc(-c2ccc(N3CCC(C)(C(O)NCC(F)(F)F)CC3)nc2)c2c(C#N)cnn2c1. The molecule has 0 aliphatic carbocycles. The minimum absolute atomic E-state index is 0.445. The van der Waals surface area contributed by atoms with Gasteiger partial charge in [-0.05, 0) is 38.0 Å². The largest absolute Gasteiger partial charge is 0.492 e. The number of anilines is 1. The van der Waals surface area contributed by atoms with Crippen molar-refractivity contribution in [2.24, 2.45) is 5.41 Å². The van der Waals surface area contributed by atoms with Gasteiger partial charge in [0.05, 0.1) is 36.6 Å². The summed E-state index contributed by atoms with van der Waals surface area (Å²) in [6.45, 7) is 4.06. The molecule has 1 aliphatic rings. The monoisotopic (exact) mass is 488 g/mol. The van der Waals surface area contributed by atoms with E-state index in [1.165, 1.54) is 6.20 Å². The van der Waals surface area contributed by atoms with E-state index in [1.807, 2.05) is 30.0 Å². The van der Waals surface area contributed by atoms with Crippen LogP contribution in [0.25, 0.3) is 16.6 Å². The number of fused-ring (bicyclic) bond motifs is 1. The van der Waals surface area contributed by atoms with Gasteiger partial charge in [0.15, 0.2) is 0 Å². The molecule has 0 spiro atoms. The highest BCUT2D eigenvalue weighted by Gasteiger charge is 2.39. The van der Waals surface area contributed by atoms with E-state index in [2.05, 4.69) is 21.5 Å². The first-order chi connectivity index (χ1) is 16.6. The van der Waals surface area contributed by atoms with E-state index < -0.39 is 24.4 Å². The van der Waals surface area contributed by atoms with Crippen molar-refractivity contribution in [3.05, 3.63) is 42.4 Å². The Morgan fingerprint density at radius 2 is 2.03 bits per heavy atom. The smallest absolute Gasteiger partial charge is 0.401 e. The lowest BCUT2D eigenvalue weighted by Crippen LogP contribution is -2.52. The number of hydrogen-bond acceptors (Lipinski definition) is 7. The van der Waals surface area contributed by atoms with Crippen LogP contribution in [0, 0.1) is 16.7 Å². The van der Waals surface area contributed by atoms with E-state index >= 15 is 0 Å². The minimum Gasteiger partial charge on any atom is -0.492 e. The Kier molecular flexibility index (Phi) is 6.87. The molecule has 2 N–H and O–H groups in total. The molecule has 1 saturated heterocycles. The van der Waals surface area contributed by atoms with E-state index in [4.69, 9.17) is 4.74 Å². The molecule has 4 heterocycles. The van der Waals surface area contributed by atoms with Gasteiger partial charge in [-0.15, -0.1) is 0 Å². The number of pyridine rings is 2. The van der Waals surface area contributed by atoms with E-state index in [1.54, 1.807) is 23.8 Å². The molecule has 8 nitrogen and oxygen atoms in total. The Morgan fingerprint density at radius 1 is 1.29 bits per heavy atom. The van der Waals surface area contributed by atoms with Gasteiger partial charge in [-0.2, -0.15) is 23.5 Å². The molecule has 1 unspecified atom stereocenters. The van der Waals surface area contributed by atoms with Crippen LogP contribution < -0.4 is 15.0 Å². The lowest BCUT2D eigenvalue weighted by Gasteiger charge is -2.43. The van der Waals surface area contributed by atoms with E-state index in [0.717, 1.165) is 16.9 Å². The van der Waals surface area contributed by atoms with Crippen molar-refractivity contribution < 1.29 is 23.0 Å². The highest BCUT2D eigenvalue weighted by atomic mass is 19.4. The predicted molar refractivity (Wildman–Crippen MR) is 124 cm³/mol. The number of nitrogens with one attached hydrogen (secondary N) is 1. The lowest BCUT2D eigenvalue weighted by atomic mass is 9.78. The van der Waals surface area contributed by atoms with Gasteiger partial charge in [-0.1, -0.05) is 6.92 Å². The molecule has 0 bridgehead atoms. The van der Waals surface area contributed by atoms with Crippen LogP contribution in [0.15, 0.2) is 36.8 Å². The summed E-state index contributed by atoms with van der Waals surface area (Å²) in [5.74, 6) is 1.36. The molecular weight excluding hydrogens is 461 g/mol. The molecule has 0 amide bonds. The number of nitriles is 1. The topological polar surface area (TPSA) is 98.7 Å². The number of aromatic nitrogens is 3. The van der Waals surface area contributed by atoms with Gasteiger partial charge >= 0.3 is 6.18 Å². The number of piperidine rings is 1. The van der Waals surface area contributed by atoms with Gasteiger partial charge in [-0.25, -0.2) is 9.50 Å². The number of nitrogens with zero attached hydrogens (tertiary/aromatic N) is 5. The van der Waals surface area contributed by atoms with Crippen LogP contribution in [-0.2, 0) is 0 Å². The van der Waals surface area contributed by atoms with Crippen LogP contribution in [0.2, 0.25) is 0 Å². The number of halogens is 3. The van der Waals surface area contributed by atoms with E-state index in [-0.39, 0.29) is 0 Å². The first kappa shape index (κ1) is 24.8. The average molecular weight is 489 g/mol. The molecule has 1 atom stereocenters. The Hall–Kier alpha value is -3.36. The maximum atomic E-state index is 12.5. The number of aliphatic hydroxyl groups excluding tert-OH is 1. The zero-order valence-electron chi connectivity index (χ0n) is 19.5. The molecule has 0 saturated carbocycles. The standard InChI is InChI=1S/C24H27F3N6O2/c1-3-35-18-10-19(21-17(11-28)13-31-33(21)14-18)16-4-5-20(29-12-16)32-8-6-23(2,7-9-32)22(34)30-15-24(25,26)27/h4-5,10,12-14,22,30,34H,3,6-9,15H2,1-2H3. The minimum atomic E-state index is -4.37. The van der Waals surface area contributed by atoms with Crippen LogP contribution in [0.3, 0.4) is 0 Å². The van der Waals surface area contributed by atoms with Crippen molar-refractivity contribution in [3.63, 3.8) is 0 Å². The van der Waals surface area contributed by atoms with Gasteiger partial charge in [0.1, 0.15) is 23.9 Å². The summed E-state index contributed by atoms with van der Waals surface area (Å²) < 4.78 is 44.8. The van der Waals surface area contributed by atoms with Crippen LogP contribution in [0.4, 0.5) is 19.0 Å². The van der Waals surface area contributed by atoms with Gasteiger partial charge in [0.25, 0.3) is 0 Å². The van der Waals surface area contributed by atoms with Crippen molar-refractivity contribution in [3.8, 4) is 22.9 Å². The van der Waals surface area contributed by atoms with Crippen molar-refractivity contribution in [1.82, 2.24) is 19.9 Å². The fourth-order valence-corrected chi connectivity index (χ4v) is 4.36. The molecule has 35 heavy (non-hydrogen) atoms. The second kappa shape index (κ2) is 9.71. The maximum Gasteiger partial charge on any atom is 0.401 e. The summed E-state index contributed by atoms with van der Waals surface area (Å²) in [6.07, 6.45) is 0.380. The van der Waals surface area contributed by atoms with Crippen LogP contribution in [0.5, 0.6) is 5.75 Å². The van der Waals surface area contributed by atoms with E-state index in [0.29, 0.717) is 49.4 Å². The Morgan fingerprint density at radius 3 is 2.63 bits per heavy atom. The van der Waals surface area contributed by atoms with Crippen LogP contribution in [0.1, 0.15) is 32.3 Å². The van der Waals surface area contributed by atoms with Crippen molar-refractivity contribution in [2.45, 2.75) is 39.1 Å². The van der Waals surface area contributed by atoms with Crippen LogP contribution >= 0.6 is 0 Å². The maximum absolute atomic E-state index is 12.5. The fraction of sp³-hybridized carbons (Fsp3) is 0.458. The first-order valence-electron chi connectivity index (χ1n) is 11.4. The Balaban J connectivity index is 1.50. The first-order valence-corrected chi connectivity index (χ1v) is 11.4. The molecule has 186 valence electrons. The molecule has 3 aromatic heterocycles. The molecule has 4 rings (SSSR count). The summed E-state index contributed by atoms with van der Waals surface area (Å²) in [5, 5.41) is 26.3. The lowest BCUT2D eigenvalue weighted by molar-refractivity contribution is -0.137. The van der Waals surface area contributed by atoms with Gasteiger partial charge < -0.3 is 14.7 Å². The average Bonchev–Trinajstić information content (AvgIpc) is 3.25. The molecular formula is C24H27F3N6O2. The summed E-state index contributed by atoms with van der Waals surface area (Å²) in [5.41, 5.74) is 2.02. The summed E-state index contributed by atoms with van der Waals surface area (Å²) in [6, 6.07) is 7.82. The highest BCUT2D eigenvalue weighted by molar-refractivity contribution is 5.85. The molecule has 1 fully saturated rings. The van der Waals surface area contributed by atoms with E-state index in [9.17, 15) is 23.5 Å². The number of rotatable bonds is 7. The molecule has 0 radical (unpaired) electrons. The van der Waals surface area contributed by atoms with Crippen molar-refractivity contribution >= 4 is 11.3 Å². The zero-order chi connectivity index (χ0) is 25.2. The molecule has 11 heteroatoms. The third-order valence-corrected chi connectivity index (χ3v) is 6.46. The normalized spacial score (nSPS) is 16.8. The number of ether oxygens (including phenoxy) is 1. The molecule has 0 aromatic carbocycles. The Bertz CT molecular complexity index is 1210. The zero-order valence-corrected chi connectivity index (χ0v) is 19.5. The summed E-state index contributed by atoms with van der Waals surface area (Å²) in [7, 11) is 0. The molecule has 3 aromatic rings. The number of alkyl halides is 3. The second-order valence-corrected chi connectivity index (χ2v) is 8.93. The third-order valence-electron chi connectivity index (χ3n) is 6.46. The second-order valence-electron chi connectivity index (χ2n) is 8.93. The highest BCUT2D eigenvalue weighted by Crippen LogP contribution is 2.36.